The maximum absolute atomic E-state index is 12.1. The van der Waals surface area contributed by atoms with Crippen molar-refractivity contribution < 1.29 is 110 Å². The van der Waals surface area contributed by atoms with Gasteiger partial charge in [-0.1, -0.05) is 60.7 Å². The molecule has 0 saturated carbocycles. The first-order valence-corrected chi connectivity index (χ1v) is 15.5. The van der Waals surface area contributed by atoms with Gasteiger partial charge in [0.1, 0.15) is 11.6 Å². The van der Waals surface area contributed by atoms with Crippen LogP contribution in [-0.4, -0.2) is 115 Å². The molecule has 2 aromatic carbocycles. The second-order valence-electron chi connectivity index (χ2n) is 11.4. The quantitative estimate of drug-likeness (QED) is 0.239. The van der Waals surface area contributed by atoms with Gasteiger partial charge in [-0.2, -0.15) is 0 Å². The summed E-state index contributed by atoms with van der Waals surface area (Å²) in [5.74, 6) is -2.97. The van der Waals surface area contributed by atoms with Crippen LogP contribution in [0.4, 0.5) is 0 Å². The van der Waals surface area contributed by atoms with Gasteiger partial charge in [-0.3, -0.25) is 29.0 Å². The average Bonchev–Trinajstić information content (AvgIpc) is 3.03. The molecule has 48 heavy (non-hydrogen) atoms. The maximum atomic E-state index is 12.1. The Balaban J connectivity index is 0. The molecule has 2 fully saturated rings. The van der Waals surface area contributed by atoms with Gasteiger partial charge in [-0.25, -0.2) is 0 Å². The molecule has 2 aliphatic rings. The number of hydrogen-bond donors (Lipinski definition) is 2. The molecule has 4 N–H and O–H groups in total. The van der Waals surface area contributed by atoms with E-state index in [4.69, 9.17) is 9.47 Å². The van der Waals surface area contributed by atoms with E-state index in [-0.39, 0.29) is 119 Å². The Bertz CT molecular complexity index is 1080. The number of halogens is 1. The Hall–Kier alpha value is -0.542. The Morgan fingerprint density at radius 1 is 0.604 bits per heavy atom. The fraction of sp³-hybridized carbons (Fsp3) is 0.529. The molecule has 2 aromatic rings. The summed E-state index contributed by atoms with van der Waals surface area (Å²) >= 11 is 0. The van der Waals surface area contributed by atoms with E-state index >= 15 is 0 Å². The maximum Gasteiger partial charge on any atom is 0.306 e. The molecule has 0 unspecified atom stereocenters. The standard InChI is InChI=1S/2C17H23NO4.HI.H2O.2Y/c2*19-16(13-18-8-10-22-11-9-18)12-15(17(20)21)7-6-14-4-2-1-3-5-14;;;;/h2*1-5,15H,6-13H2,(H,20,21);1H;1H2;;/t2*15-;;;;/m11..../s1. The fourth-order valence-corrected chi connectivity index (χ4v) is 5.29. The van der Waals surface area contributed by atoms with E-state index < -0.39 is 23.8 Å². The Morgan fingerprint density at radius 2 is 0.917 bits per heavy atom. The number of aliphatic carboxylic acids is 2. The molecular weight excluding hydrogens is 885 g/mol. The number of Topliss-reactive ketones (excluding diaryl/α,β-unsaturated/α-hetero) is 2. The van der Waals surface area contributed by atoms with Crippen LogP contribution >= 0.6 is 24.0 Å². The minimum absolute atomic E-state index is 0. The number of rotatable bonds is 16. The van der Waals surface area contributed by atoms with Gasteiger partial charge in [-0.15, -0.1) is 24.0 Å². The number of morpholine rings is 2. The van der Waals surface area contributed by atoms with E-state index in [1.54, 1.807) is 0 Å². The van der Waals surface area contributed by atoms with Crippen molar-refractivity contribution in [3.05, 3.63) is 71.8 Å². The van der Waals surface area contributed by atoms with Gasteiger partial charge in [0.2, 0.25) is 0 Å². The van der Waals surface area contributed by atoms with Crippen molar-refractivity contribution in [1.82, 2.24) is 9.80 Å². The van der Waals surface area contributed by atoms with Gasteiger partial charge in [0.05, 0.1) is 51.4 Å². The Kier molecular flexibility index (Phi) is 30.0. The Morgan fingerprint density at radius 3 is 1.21 bits per heavy atom. The number of aryl methyl sites for hydroxylation is 2. The monoisotopic (exact) mass is 934 g/mol. The first kappa shape index (κ1) is 49.6. The molecule has 2 atom stereocenters. The van der Waals surface area contributed by atoms with E-state index in [9.17, 15) is 29.4 Å². The van der Waals surface area contributed by atoms with Crippen molar-refractivity contribution in [3.8, 4) is 0 Å². The summed E-state index contributed by atoms with van der Waals surface area (Å²) in [6.07, 6.45) is 2.58. The summed E-state index contributed by atoms with van der Waals surface area (Å²) in [4.78, 5) is 51.0. The zero-order chi connectivity index (χ0) is 31.6. The predicted octanol–water partition coefficient (Wildman–Crippen LogP) is 3.01. The first-order valence-electron chi connectivity index (χ1n) is 15.5. The van der Waals surface area contributed by atoms with E-state index in [1.807, 2.05) is 70.5 Å². The second-order valence-corrected chi connectivity index (χ2v) is 11.4. The third-order valence-electron chi connectivity index (χ3n) is 7.90. The minimum atomic E-state index is -0.883. The van der Waals surface area contributed by atoms with E-state index in [1.165, 1.54) is 0 Å². The molecule has 4 rings (SSSR count). The van der Waals surface area contributed by atoms with E-state index in [0.29, 0.717) is 65.2 Å². The SMILES string of the molecule is I.O.O=C(C[C@@H](CCc1ccccc1)C(=O)O)CN1CCOCC1.O=C(C[C@@H](CCc1ccccc1)C(=O)O)CN1CCOCC1.[Y].[Y]. The van der Waals surface area contributed by atoms with Gasteiger partial charge in [-0.05, 0) is 36.8 Å². The topological polar surface area (TPSA) is 165 Å². The summed E-state index contributed by atoms with van der Waals surface area (Å²) in [7, 11) is 0. The van der Waals surface area contributed by atoms with Gasteiger partial charge in [0, 0.05) is 104 Å². The summed E-state index contributed by atoms with van der Waals surface area (Å²) in [5, 5.41) is 18.6. The molecule has 2 aliphatic heterocycles. The fourth-order valence-electron chi connectivity index (χ4n) is 5.29. The molecule has 0 aliphatic carbocycles. The van der Waals surface area contributed by atoms with Gasteiger partial charge in [0.15, 0.2) is 0 Å². The minimum Gasteiger partial charge on any atom is -0.481 e. The van der Waals surface area contributed by atoms with Gasteiger partial charge in [0.25, 0.3) is 0 Å². The van der Waals surface area contributed by atoms with E-state index in [2.05, 4.69) is 0 Å². The summed E-state index contributed by atoms with van der Waals surface area (Å²) in [6.45, 7) is 6.21. The third kappa shape index (κ3) is 21.0. The van der Waals surface area contributed by atoms with Crippen molar-refractivity contribution in [3.63, 3.8) is 0 Å². The number of carbonyl (C=O) groups is 4. The van der Waals surface area contributed by atoms with Crippen LogP contribution in [0.5, 0.6) is 0 Å². The van der Waals surface area contributed by atoms with Gasteiger partial charge < -0.3 is 25.2 Å². The molecule has 2 saturated heterocycles. The molecule has 0 spiro atoms. The summed E-state index contributed by atoms with van der Waals surface area (Å²) < 4.78 is 10.5. The van der Waals surface area contributed by atoms with Crippen LogP contribution in [0.25, 0.3) is 0 Å². The smallest absolute Gasteiger partial charge is 0.306 e. The van der Waals surface area contributed by atoms with Crippen molar-refractivity contribution in [1.29, 1.82) is 0 Å². The molecule has 14 heteroatoms. The molecular formula is C34H49IN2O9Y2. The number of carboxylic acid groups (broad SMARTS) is 2. The van der Waals surface area contributed by atoms with Crippen LogP contribution in [0.1, 0.15) is 36.8 Å². The zero-order valence-electron chi connectivity index (χ0n) is 27.5. The van der Waals surface area contributed by atoms with Crippen LogP contribution < -0.4 is 0 Å². The third-order valence-corrected chi connectivity index (χ3v) is 7.90. The van der Waals surface area contributed by atoms with Crippen molar-refractivity contribution >= 4 is 47.5 Å². The number of nitrogens with zero attached hydrogens (tertiary/aromatic N) is 2. The first-order chi connectivity index (χ1) is 21.3. The molecule has 0 bridgehead atoms. The number of hydrogen-bond acceptors (Lipinski definition) is 8. The number of ether oxygens (including phenoxy) is 2. The largest absolute Gasteiger partial charge is 0.481 e. The van der Waals surface area contributed by atoms with Crippen LogP contribution in [-0.2, 0) is 107 Å². The van der Waals surface area contributed by atoms with Crippen LogP contribution in [0.15, 0.2) is 60.7 Å². The molecule has 2 radical (unpaired) electrons. The van der Waals surface area contributed by atoms with Crippen LogP contribution in [0.3, 0.4) is 0 Å². The van der Waals surface area contributed by atoms with E-state index in [0.717, 1.165) is 37.3 Å². The number of benzene rings is 2. The molecule has 2 heterocycles. The van der Waals surface area contributed by atoms with Gasteiger partial charge >= 0.3 is 11.9 Å². The number of carbonyl (C=O) groups excluding carboxylic acids is 2. The molecule has 262 valence electrons. The predicted molar refractivity (Wildman–Crippen MR) is 185 cm³/mol. The Labute approximate surface area is 351 Å². The van der Waals surface area contributed by atoms with Crippen molar-refractivity contribution in [2.24, 2.45) is 11.8 Å². The zero-order valence-corrected chi connectivity index (χ0v) is 35.6. The number of ketones is 2. The normalized spacial score (nSPS) is 15.7. The molecule has 0 amide bonds. The second kappa shape index (κ2) is 29.1. The van der Waals surface area contributed by atoms with Crippen LogP contribution in [0.2, 0.25) is 0 Å². The molecule has 11 nitrogen and oxygen atoms in total. The molecule has 0 aromatic heterocycles. The van der Waals surface area contributed by atoms with Crippen molar-refractivity contribution in [2.75, 3.05) is 65.7 Å². The van der Waals surface area contributed by atoms with Crippen LogP contribution in [0, 0.1) is 11.8 Å². The number of carboxylic acids is 2. The van der Waals surface area contributed by atoms with Crippen molar-refractivity contribution in [2.45, 2.75) is 38.5 Å². The summed E-state index contributed by atoms with van der Waals surface area (Å²) in [5.41, 5.74) is 2.21. The summed E-state index contributed by atoms with van der Waals surface area (Å²) in [6, 6.07) is 19.5. The average molecular weight is 934 g/mol.